The Morgan fingerprint density at radius 2 is 2.33 bits per heavy atom. The SMILES string of the molecule is CCCNC1CCCN(C(C)C2CCOC2)C1=O. The third-order valence-electron chi connectivity index (χ3n) is 4.25. The Balaban J connectivity index is 1.92. The van der Waals surface area contributed by atoms with Gasteiger partial charge in [0.05, 0.1) is 12.6 Å². The third-order valence-corrected chi connectivity index (χ3v) is 4.25. The van der Waals surface area contributed by atoms with Gasteiger partial charge in [0, 0.05) is 25.1 Å². The molecule has 2 aliphatic rings. The summed E-state index contributed by atoms with van der Waals surface area (Å²) >= 11 is 0. The van der Waals surface area contributed by atoms with Gasteiger partial charge in [-0.05, 0) is 39.2 Å². The van der Waals surface area contributed by atoms with Crippen LogP contribution in [0.2, 0.25) is 0 Å². The molecule has 2 aliphatic heterocycles. The predicted octanol–water partition coefficient (Wildman–Crippen LogP) is 1.40. The molecule has 3 atom stereocenters. The molecule has 4 nitrogen and oxygen atoms in total. The molecular weight excluding hydrogens is 228 g/mol. The highest BCUT2D eigenvalue weighted by Crippen LogP contribution is 2.24. The number of hydrogen-bond donors (Lipinski definition) is 1. The largest absolute Gasteiger partial charge is 0.381 e. The van der Waals surface area contributed by atoms with Crippen molar-refractivity contribution in [2.75, 3.05) is 26.3 Å². The van der Waals surface area contributed by atoms with Gasteiger partial charge in [-0.2, -0.15) is 0 Å². The standard InChI is InChI=1S/C14H26N2O2/c1-3-7-15-13-5-4-8-16(14(13)17)11(2)12-6-9-18-10-12/h11-13,15H,3-10H2,1-2H3. The first-order valence-corrected chi connectivity index (χ1v) is 7.35. The molecule has 0 aromatic heterocycles. The molecule has 0 aromatic rings. The van der Waals surface area contributed by atoms with E-state index in [1.165, 1.54) is 0 Å². The Kier molecular flexibility index (Phi) is 5.01. The highest BCUT2D eigenvalue weighted by atomic mass is 16.5. The quantitative estimate of drug-likeness (QED) is 0.806. The van der Waals surface area contributed by atoms with Gasteiger partial charge in [-0.25, -0.2) is 0 Å². The lowest BCUT2D eigenvalue weighted by atomic mass is 9.95. The van der Waals surface area contributed by atoms with Gasteiger partial charge in [0.1, 0.15) is 0 Å². The molecule has 0 aliphatic carbocycles. The van der Waals surface area contributed by atoms with Gasteiger partial charge in [0.2, 0.25) is 5.91 Å². The van der Waals surface area contributed by atoms with E-state index in [0.29, 0.717) is 17.9 Å². The molecule has 2 rings (SSSR count). The highest BCUT2D eigenvalue weighted by molar-refractivity contribution is 5.82. The van der Waals surface area contributed by atoms with Crippen LogP contribution in [0.1, 0.15) is 39.5 Å². The first-order valence-electron chi connectivity index (χ1n) is 7.35. The first-order chi connectivity index (χ1) is 8.74. The van der Waals surface area contributed by atoms with Crippen LogP contribution < -0.4 is 5.32 Å². The predicted molar refractivity (Wildman–Crippen MR) is 71.4 cm³/mol. The highest BCUT2D eigenvalue weighted by Gasteiger charge is 2.35. The fourth-order valence-corrected chi connectivity index (χ4v) is 3.00. The average molecular weight is 254 g/mol. The maximum Gasteiger partial charge on any atom is 0.239 e. The van der Waals surface area contributed by atoms with Crippen molar-refractivity contribution < 1.29 is 9.53 Å². The van der Waals surface area contributed by atoms with Gasteiger partial charge < -0.3 is 15.0 Å². The average Bonchev–Trinajstić information content (AvgIpc) is 2.91. The number of nitrogens with one attached hydrogen (secondary N) is 1. The number of carbonyl (C=O) groups excluding carboxylic acids is 1. The summed E-state index contributed by atoms with van der Waals surface area (Å²) in [5, 5.41) is 3.37. The Labute approximate surface area is 110 Å². The summed E-state index contributed by atoms with van der Waals surface area (Å²) in [5.74, 6) is 0.827. The van der Waals surface area contributed by atoms with E-state index < -0.39 is 0 Å². The number of likely N-dealkylation sites (tertiary alicyclic amines) is 1. The summed E-state index contributed by atoms with van der Waals surface area (Å²) < 4.78 is 5.44. The second-order valence-corrected chi connectivity index (χ2v) is 5.54. The number of carbonyl (C=O) groups is 1. The fourth-order valence-electron chi connectivity index (χ4n) is 3.00. The Morgan fingerprint density at radius 3 is 3.00 bits per heavy atom. The topological polar surface area (TPSA) is 41.6 Å². The number of ether oxygens (including phenoxy) is 1. The zero-order chi connectivity index (χ0) is 13.0. The number of hydrogen-bond acceptors (Lipinski definition) is 3. The van der Waals surface area contributed by atoms with Gasteiger partial charge >= 0.3 is 0 Å². The molecule has 0 aromatic carbocycles. The first kappa shape index (κ1) is 13.8. The smallest absolute Gasteiger partial charge is 0.239 e. The number of rotatable bonds is 5. The monoisotopic (exact) mass is 254 g/mol. The van der Waals surface area contributed by atoms with E-state index in [-0.39, 0.29) is 6.04 Å². The van der Waals surface area contributed by atoms with Gasteiger partial charge in [0.15, 0.2) is 0 Å². The van der Waals surface area contributed by atoms with Crippen molar-refractivity contribution in [3.8, 4) is 0 Å². The lowest BCUT2D eigenvalue weighted by Crippen LogP contribution is -2.55. The van der Waals surface area contributed by atoms with Crippen LogP contribution in [0.5, 0.6) is 0 Å². The Hall–Kier alpha value is -0.610. The van der Waals surface area contributed by atoms with Crippen LogP contribution in [0.25, 0.3) is 0 Å². The molecule has 4 heteroatoms. The maximum atomic E-state index is 12.5. The zero-order valence-corrected chi connectivity index (χ0v) is 11.7. The molecule has 104 valence electrons. The molecule has 2 saturated heterocycles. The summed E-state index contributed by atoms with van der Waals surface area (Å²) in [5.41, 5.74) is 0. The van der Waals surface area contributed by atoms with Crippen molar-refractivity contribution in [1.29, 1.82) is 0 Å². The Morgan fingerprint density at radius 1 is 1.50 bits per heavy atom. The van der Waals surface area contributed by atoms with Crippen LogP contribution in [0.15, 0.2) is 0 Å². The molecule has 0 saturated carbocycles. The van der Waals surface area contributed by atoms with Crippen LogP contribution in [-0.2, 0) is 9.53 Å². The van der Waals surface area contributed by atoms with Crippen LogP contribution in [0, 0.1) is 5.92 Å². The molecule has 0 radical (unpaired) electrons. The minimum absolute atomic E-state index is 0.0449. The number of amides is 1. The van der Waals surface area contributed by atoms with E-state index in [1.807, 2.05) is 0 Å². The van der Waals surface area contributed by atoms with Crippen molar-refractivity contribution in [3.63, 3.8) is 0 Å². The summed E-state index contributed by atoms with van der Waals surface area (Å²) in [7, 11) is 0. The normalized spacial score (nSPS) is 30.8. The van der Waals surface area contributed by atoms with E-state index in [1.54, 1.807) is 0 Å². The van der Waals surface area contributed by atoms with Gasteiger partial charge in [-0.15, -0.1) is 0 Å². The van der Waals surface area contributed by atoms with Crippen LogP contribution in [0.4, 0.5) is 0 Å². The lowest BCUT2D eigenvalue weighted by molar-refractivity contribution is -0.139. The molecule has 0 bridgehead atoms. The second-order valence-electron chi connectivity index (χ2n) is 5.54. The molecule has 2 heterocycles. The van der Waals surface area contributed by atoms with Crippen LogP contribution >= 0.6 is 0 Å². The van der Waals surface area contributed by atoms with E-state index in [0.717, 1.165) is 52.0 Å². The summed E-state index contributed by atoms with van der Waals surface area (Å²) in [6.45, 7) is 7.84. The number of nitrogens with zero attached hydrogens (tertiary/aromatic N) is 1. The van der Waals surface area contributed by atoms with Crippen molar-refractivity contribution >= 4 is 5.91 Å². The van der Waals surface area contributed by atoms with Crippen molar-refractivity contribution in [3.05, 3.63) is 0 Å². The van der Waals surface area contributed by atoms with E-state index in [9.17, 15) is 4.79 Å². The third kappa shape index (κ3) is 3.04. The molecule has 2 fully saturated rings. The zero-order valence-electron chi connectivity index (χ0n) is 11.7. The molecule has 3 unspecified atom stereocenters. The molecule has 1 amide bonds. The van der Waals surface area contributed by atoms with Crippen molar-refractivity contribution in [2.45, 2.75) is 51.6 Å². The van der Waals surface area contributed by atoms with Gasteiger partial charge in [-0.3, -0.25) is 4.79 Å². The maximum absolute atomic E-state index is 12.5. The summed E-state index contributed by atoms with van der Waals surface area (Å²) in [6.07, 6.45) is 4.28. The lowest BCUT2D eigenvalue weighted by Gasteiger charge is -2.39. The minimum Gasteiger partial charge on any atom is -0.381 e. The van der Waals surface area contributed by atoms with Gasteiger partial charge in [0.25, 0.3) is 0 Å². The van der Waals surface area contributed by atoms with Crippen molar-refractivity contribution in [2.24, 2.45) is 5.92 Å². The summed E-state index contributed by atoms with van der Waals surface area (Å²) in [4.78, 5) is 14.5. The molecular formula is C14H26N2O2. The van der Waals surface area contributed by atoms with Crippen molar-refractivity contribution in [1.82, 2.24) is 10.2 Å². The van der Waals surface area contributed by atoms with Crippen LogP contribution in [-0.4, -0.2) is 49.2 Å². The molecule has 1 N–H and O–H groups in total. The van der Waals surface area contributed by atoms with E-state index in [4.69, 9.17) is 4.74 Å². The molecule has 0 spiro atoms. The second kappa shape index (κ2) is 6.53. The van der Waals surface area contributed by atoms with Crippen LogP contribution in [0.3, 0.4) is 0 Å². The van der Waals surface area contributed by atoms with E-state index in [2.05, 4.69) is 24.1 Å². The Bertz CT molecular complexity index is 277. The summed E-state index contributed by atoms with van der Waals surface area (Å²) in [6, 6.07) is 0.370. The minimum atomic E-state index is 0.0449. The van der Waals surface area contributed by atoms with E-state index >= 15 is 0 Å². The molecule has 18 heavy (non-hydrogen) atoms. The fraction of sp³-hybridized carbons (Fsp3) is 0.929. The number of piperidine rings is 1. The van der Waals surface area contributed by atoms with Gasteiger partial charge in [-0.1, -0.05) is 6.92 Å².